The van der Waals surface area contributed by atoms with Crippen molar-refractivity contribution in [3.63, 3.8) is 0 Å². The highest BCUT2D eigenvalue weighted by molar-refractivity contribution is 7.89. The van der Waals surface area contributed by atoms with E-state index < -0.39 is 36.6 Å². The van der Waals surface area contributed by atoms with E-state index in [1.54, 1.807) is 0 Å². The summed E-state index contributed by atoms with van der Waals surface area (Å²) in [5, 5.41) is 0. The Morgan fingerprint density at radius 3 is 1.77 bits per heavy atom. The highest BCUT2D eigenvalue weighted by Gasteiger charge is 2.34. The topological polar surface area (TPSA) is 87.7 Å². The highest BCUT2D eigenvalue weighted by atomic mass is 32.2. The zero-order chi connectivity index (χ0) is 18.9. The molecule has 0 bridgehead atoms. The SMILES string of the molecule is O=S(=O)(c1cccnc1)N1CCN(S(=O)(=O)c2cc(F)cc(F)c2)CC1. The number of pyridine rings is 1. The van der Waals surface area contributed by atoms with Gasteiger partial charge in [0.05, 0.1) is 4.90 Å². The fraction of sp³-hybridized carbons (Fsp3) is 0.267. The predicted octanol–water partition coefficient (Wildman–Crippen LogP) is 1.06. The van der Waals surface area contributed by atoms with Gasteiger partial charge >= 0.3 is 0 Å². The number of hydrogen-bond donors (Lipinski definition) is 0. The second-order valence-electron chi connectivity index (χ2n) is 5.60. The van der Waals surface area contributed by atoms with Gasteiger partial charge in [0.1, 0.15) is 16.5 Å². The first-order valence-corrected chi connectivity index (χ1v) is 10.5. The van der Waals surface area contributed by atoms with Crippen LogP contribution in [0.25, 0.3) is 0 Å². The molecule has 1 saturated heterocycles. The fourth-order valence-electron chi connectivity index (χ4n) is 2.63. The van der Waals surface area contributed by atoms with Crippen LogP contribution in [0.15, 0.2) is 52.5 Å². The van der Waals surface area contributed by atoms with Gasteiger partial charge in [-0.1, -0.05) is 0 Å². The molecular weight excluding hydrogens is 388 g/mol. The lowest BCUT2D eigenvalue weighted by Crippen LogP contribution is -2.50. The third kappa shape index (κ3) is 3.61. The van der Waals surface area contributed by atoms with Gasteiger partial charge in [-0.3, -0.25) is 4.98 Å². The number of halogens is 2. The molecule has 0 unspecified atom stereocenters. The van der Waals surface area contributed by atoms with E-state index in [4.69, 9.17) is 0 Å². The highest BCUT2D eigenvalue weighted by Crippen LogP contribution is 2.22. The van der Waals surface area contributed by atoms with Gasteiger partial charge in [-0.25, -0.2) is 25.6 Å². The Morgan fingerprint density at radius 2 is 1.31 bits per heavy atom. The van der Waals surface area contributed by atoms with Crippen LogP contribution < -0.4 is 0 Å². The van der Waals surface area contributed by atoms with E-state index in [1.165, 1.54) is 24.5 Å². The van der Waals surface area contributed by atoms with Gasteiger partial charge in [-0.2, -0.15) is 8.61 Å². The van der Waals surface area contributed by atoms with E-state index in [-0.39, 0.29) is 31.1 Å². The van der Waals surface area contributed by atoms with Crippen molar-refractivity contribution in [2.24, 2.45) is 0 Å². The minimum atomic E-state index is -4.12. The molecule has 1 aromatic carbocycles. The van der Waals surface area contributed by atoms with Crippen molar-refractivity contribution < 1.29 is 25.6 Å². The Bertz CT molecular complexity index is 986. The van der Waals surface area contributed by atoms with E-state index >= 15 is 0 Å². The second kappa shape index (κ2) is 6.99. The average Bonchev–Trinajstić information content (AvgIpc) is 2.62. The largest absolute Gasteiger partial charge is 0.263 e. The summed E-state index contributed by atoms with van der Waals surface area (Å²) in [6.07, 6.45) is 2.66. The number of benzene rings is 1. The van der Waals surface area contributed by atoms with Crippen LogP contribution in [0.5, 0.6) is 0 Å². The standard InChI is InChI=1S/C15H15F2N3O4S2/c16-12-8-13(17)10-15(9-12)26(23,24)20-6-4-19(5-7-20)25(21,22)14-2-1-3-18-11-14/h1-3,8-11H,4-7H2. The lowest BCUT2D eigenvalue weighted by molar-refractivity contribution is 0.272. The number of aromatic nitrogens is 1. The van der Waals surface area contributed by atoms with Gasteiger partial charge in [0.15, 0.2) is 0 Å². The third-order valence-electron chi connectivity index (χ3n) is 3.94. The van der Waals surface area contributed by atoms with Gasteiger partial charge in [0.2, 0.25) is 20.0 Å². The van der Waals surface area contributed by atoms with Crippen molar-refractivity contribution in [3.05, 3.63) is 54.4 Å². The first kappa shape index (κ1) is 18.8. The van der Waals surface area contributed by atoms with Crippen LogP contribution in [-0.2, 0) is 20.0 Å². The van der Waals surface area contributed by atoms with Crippen molar-refractivity contribution in [3.8, 4) is 0 Å². The summed E-state index contributed by atoms with van der Waals surface area (Å²) < 4.78 is 78.9. The Hall–Kier alpha value is -1.95. The van der Waals surface area contributed by atoms with Crippen LogP contribution in [0.4, 0.5) is 8.78 Å². The van der Waals surface area contributed by atoms with Crippen LogP contribution >= 0.6 is 0 Å². The molecule has 0 N–H and O–H groups in total. The van der Waals surface area contributed by atoms with Gasteiger partial charge in [0.25, 0.3) is 0 Å². The van der Waals surface area contributed by atoms with Crippen molar-refractivity contribution in [2.45, 2.75) is 9.79 Å². The molecule has 1 aliphatic rings. The number of sulfonamides is 2. The maximum absolute atomic E-state index is 13.3. The number of piperazine rings is 1. The second-order valence-corrected chi connectivity index (χ2v) is 9.48. The summed E-state index contributed by atoms with van der Waals surface area (Å²) in [7, 11) is -7.90. The van der Waals surface area contributed by atoms with Crippen LogP contribution in [0.3, 0.4) is 0 Å². The lowest BCUT2D eigenvalue weighted by atomic mass is 10.3. The molecule has 1 fully saturated rings. The van der Waals surface area contributed by atoms with Crippen molar-refractivity contribution >= 4 is 20.0 Å². The van der Waals surface area contributed by atoms with E-state index in [0.717, 1.165) is 20.7 Å². The average molecular weight is 403 g/mol. The Morgan fingerprint density at radius 1 is 0.808 bits per heavy atom. The molecule has 0 saturated carbocycles. The Labute approximate surface area is 150 Å². The molecule has 0 radical (unpaired) electrons. The molecule has 0 aliphatic carbocycles. The zero-order valence-electron chi connectivity index (χ0n) is 13.4. The van der Waals surface area contributed by atoms with Crippen LogP contribution in [0.2, 0.25) is 0 Å². The molecule has 1 aliphatic heterocycles. The molecular formula is C15H15F2N3O4S2. The summed E-state index contributed by atoms with van der Waals surface area (Å²) in [6.45, 7) is -0.400. The molecule has 0 atom stereocenters. The van der Waals surface area contributed by atoms with Crippen LogP contribution in [0.1, 0.15) is 0 Å². The van der Waals surface area contributed by atoms with Crippen molar-refractivity contribution in [2.75, 3.05) is 26.2 Å². The van der Waals surface area contributed by atoms with E-state index in [9.17, 15) is 25.6 Å². The maximum Gasteiger partial charge on any atom is 0.244 e. The predicted molar refractivity (Wildman–Crippen MR) is 88.1 cm³/mol. The summed E-state index contributed by atoms with van der Waals surface area (Å²) in [4.78, 5) is 3.29. The molecule has 3 rings (SSSR count). The van der Waals surface area contributed by atoms with Gasteiger partial charge in [0, 0.05) is 44.6 Å². The third-order valence-corrected chi connectivity index (χ3v) is 7.70. The summed E-state index contributed by atoms with van der Waals surface area (Å²) in [6, 6.07) is 4.94. The summed E-state index contributed by atoms with van der Waals surface area (Å²) >= 11 is 0. The van der Waals surface area contributed by atoms with Crippen LogP contribution in [-0.4, -0.2) is 56.6 Å². The lowest BCUT2D eigenvalue weighted by Gasteiger charge is -2.33. The molecule has 26 heavy (non-hydrogen) atoms. The first-order valence-electron chi connectivity index (χ1n) is 7.58. The van der Waals surface area contributed by atoms with Crippen molar-refractivity contribution in [1.82, 2.24) is 13.6 Å². The molecule has 0 spiro atoms. The number of nitrogens with zero attached hydrogens (tertiary/aromatic N) is 3. The molecule has 7 nitrogen and oxygen atoms in total. The van der Waals surface area contributed by atoms with E-state index in [2.05, 4.69) is 4.98 Å². The smallest absolute Gasteiger partial charge is 0.244 e. The fourth-order valence-corrected chi connectivity index (χ4v) is 5.48. The molecule has 140 valence electrons. The summed E-state index contributed by atoms with van der Waals surface area (Å²) in [5.74, 6) is -2.00. The quantitative estimate of drug-likeness (QED) is 0.762. The molecule has 0 amide bonds. The molecule has 2 aromatic rings. The first-order chi connectivity index (χ1) is 12.2. The van der Waals surface area contributed by atoms with E-state index in [1.807, 2.05) is 0 Å². The van der Waals surface area contributed by atoms with Gasteiger partial charge in [-0.15, -0.1) is 0 Å². The van der Waals surface area contributed by atoms with Crippen LogP contribution in [0, 0.1) is 11.6 Å². The normalized spacial score (nSPS) is 17.3. The van der Waals surface area contributed by atoms with Crippen molar-refractivity contribution in [1.29, 1.82) is 0 Å². The summed E-state index contributed by atoms with van der Waals surface area (Å²) in [5.41, 5.74) is 0. The Balaban J connectivity index is 1.78. The minimum absolute atomic E-state index is 0.0171. The van der Waals surface area contributed by atoms with E-state index in [0.29, 0.717) is 6.07 Å². The molecule has 1 aromatic heterocycles. The molecule has 11 heteroatoms. The Kier molecular flexibility index (Phi) is 5.06. The maximum atomic E-state index is 13.3. The monoisotopic (exact) mass is 403 g/mol. The molecule has 2 heterocycles. The minimum Gasteiger partial charge on any atom is -0.263 e. The number of rotatable bonds is 4. The zero-order valence-corrected chi connectivity index (χ0v) is 15.0. The van der Waals surface area contributed by atoms with Gasteiger partial charge in [-0.05, 0) is 24.3 Å². The van der Waals surface area contributed by atoms with Gasteiger partial charge < -0.3 is 0 Å². The number of hydrogen-bond acceptors (Lipinski definition) is 5.